The topological polar surface area (TPSA) is 55.6 Å². The fourth-order valence-corrected chi connectivity index (χ4v) is 2.46. The van der Waals surface area contributed by atoms with Crippen molar-refractivity contribution in [2.45, 2.75) is 38.6 Å². The van der Waals surface area contributed by atoms with Crippen molar-refractivity contribution in [1.29, 1.82) is 0 Å². The number of carbonyl (C=O) groups excluding carboxylic acids is 1. The molecule has 1 atom stereocenters. The molecular weight excluding hydrogens is 288 g/mol. The Labute approximate surface area is 133 Å². The van der Waals surface area contributed by atoms with Gasteiger partial charge in [0.05, 0.1) is 0 Å². The molecule has 0 saturated carbocycles. The number of halogens is 1. The first-order chi connectivity index (χ1) is 9.38. The van der Waals surface area contributed by atoms with Crippen molar-refractivity contribution in [3.8, 4) is 5.75 Å². The lowest BCUT2D eigenvalue weighted by Crippen LogP contribution is -2.35. The van der Waals surface area contributed by atoms with E-state index >= 15 is 0 Å². The molecule has 0 bridgehead atoms. The molecule has 1 fully saturated rings. The van der Waals surface area contributed by atoms with Gasteiger partial charge in [-0.1, -0.05) is 39.0 Å². The SMILES string of the molecule is CC(C)(C)c1ccccc1OCC(=O)N1CC[C@@H](N)C1.Cl. The lowest BCUT2D eigenvalue weighted by molar-refractivity contribution is -0.132. The summed E-state index contributed by atoms with van der Waals surface area (Å²) in [6.07, 6.45) is 0.879. The van der Waals surface area contributed by atoms with Crippen LogP contribution in [0.3, 0.4) is 0 Å². The van der Waals surface area contributed by atoms with Crippen molar-refractivity contribution in [1.82, 2.24) is 4.90 Å². The smallest absolute Gasteiger partial charge is 0.260 e. The van der Waals surface area contributed by atoms with Crippen LogP contribution < -0.4 is 10.5 Å². The van der Waals surface area contributed by atoms with Crippen LogP contribution in [0, 0.1) is 0 Å². The summed E-state index contributed by atoms with van der Waals surface area (Å²) < 4.78 is 5.74. The lowest BCUT2D eigenvalue weighted by atomic mass is 9.86. The Bertz CT molecular complexity index is 485. The summed E-state index contributed by atoms with van der Waals surface area (Å²) in [5, 5.41) is 0. The molecule has 1 amide bonds. The highest BCUT2D eigenvalue weighted by molar-refractivity contribution is 5.85. The number of nitrogens with two attached hydrogens (primary N) is 1. The summed E-state index contributed by atoms with van der Waals surface area (Å²) in [5.41, 5.74) is 6.93. The van der Waals surface area contributed by atoms with Gasteiger partial charge in [-0.3, -0.25) is 4.79 Å². The number of carbonyl (C=O) groups is 1. The van der Waals surface area contributed by atoms with Gasteiger partial charge in [0, 0.05) is 19.1 Å². The molecule has 21 heavy (non-hydrogen) atoms. The molecule has 5 heteroatoms. The molecule has 0 radical (unpaired) electrons. The van der Waals surface area contributed by atoms with Crippen molar-refractivity contribution in [2.24, 2.45) is 5.73 Å². The molecular formula is C16H25ClN2O2. The number of benzene rings is 1. The van der Waals surface area contributed by atoms with Crippen LogP contribution >= 0.6 is 12.4 Å². The van der Waals surface area contributed by atoms with Crippen molar-refractivity contribution < 1.29 is 9.53 Å². The molecule has 1 saturated heterocycles. The van der Waals surface area contributed by atoms with Crippen molar-refractivity contribution >= 4 is 18.3 Å². The summed E-state index contributed by atoms with van der Waals surface area (Å²) in [4.78, 5) is 13.9. The van der Waals surface area contributed by atoms with Crippen LogP contribution in [0.25, 0.3) is 0 Å². The van der Waals surface area contributed by atoms with Crippen LogP contribution in [0.15, 0.2) is 24.3 Å². The van der Waals surface area contributed by atoms with Crippen LogP contribution in [0.5, 0.6) is 5.75 Å². The van der Waals surface area contributed by atoms with Gasteiger partial charge in [0.15, 0.2) is 6.61 Å². The number of hydrogen-bond acceptors (Lipinski definition) is 3. The Morgan fingerprint density at radius 3 is 2.62 bits per heavy atom. The summed E-state index contributed by atoms with van der Waals surface area (Å²) >= 11 is 0. The summed E-state index contributed by atoms with van der Waals surface area (Å²) in [6, 6.07) is 8.01. The molecule has 1 aliphatic heterocycles. The third-order valence-electron chi connectivity index (χ3n) is 3.62. The molecule has 0 spiro atoms. The number of nitrogens with zero attached hydrogens (tertiary/aromatic N) is 1. The monoisotopic (exact) mass is 312 g/mol. The van der Waals surface area contributed by atoms with E-state index in [0.29, 0.717) is 6.54 Å². The van der Waals surface area contributed by atoms with Gasteiger partial charge in [0.2, 0.25) is 0 Å². The Balaban J connectivity index is 0.00000220. The zero-order valence-electron chi connectivity index (χ0n) is 13.0. The molecule has 0 aliphatic carbocycles. The third-order valence-corrected chi connectivity index (χ3v) is 3.62. The minimum atomic E-state index is -0.00433. The molecule has 1 aliphatic rings. The number of hydrogen-bond donors (Lipinski definition) is 1. The van der Waals surface area contributed by atoms with Gasteiger partial charge in [-0.05, 0) is 23.5 Å². The second-order valence-electron chi connectivity index (χ2n) is 6.42. The number of rotatable bonds is 3. The molecule has 2 N–H and O–H groups in total. The van der Waals surface area contributed by atoms with E-state index in [1.54, 1.807) is 4.90 Å². The van der Waals surface area contributed by atoms with E-state index in [4.69, 9.17) is 10.5 Å². The molecule has 1 heterocycles. The van der Waals surface area contributed by atoms with Crippen LogP contribution in [-0.2, 0) is 10.2 Å². The molecule has 4 nitrogen and oxygen atoms in total. The zero-order chi connectivity index (χ0) is 14.8. The number of para-hydroxylation sites is 1. The van der Waals surface area contributed by atoms with Crippen LogP contribution in [-0.4, -0.2) is 36.5 Å². The maximum absolute atomic E-state index is 12.1. The van der Waals surface area contributed by atoms with E-state index in [1.807, 2.05) is 24.3 Å². The highest BCUT2D eigenvalue weighted by Gasteiger charge is 2.24. The van der Waals surface area contributed by atoms with Gasteiger partial charge in [-0.2, -0.15) is 0 Å². The average molecular weight is 313 g/mol. The number of amides is 1. The third kappa shape index (κ3) is 4.61. The summed E-state index contributed by atoms with van der Waals surface area (Å²) in [6.45, 7) is 7.87. The van der Waals surface area contributed by atoms with E-state index in [9.17, 15) is 4.79 Å². The molecule has 0 unspecified atom stereocenters. The predicted molar refractivity (Wildman–Crippen MR) is 87.1 cm³/mol. The van der Waals surface area contributed by atoms with E-state index in [1.165, 1.54) is 0 Å². The largest absolute Gasteiger partial charge is 0.483 e. The summed E-state index contributed by atoms with van der Waals surface area (Å²) in [5.74, 6) is 0.804. The average Bonchev–Trinajstić information content (AvgIpc) is 2.82. The Kier molecular flexibility index (Phi) is 6.05. The van der Waals surface area contributed by atoms with Crippen LogP contribution in [0.2, 0.25) is 0 Å². The van der Waals surface area contributed by atoms with E-state index in [0.717, 1.165) is 24.3 Å². The number of ether oxygens (including phenoxy) is 1. The molecule has 2 rings (SSSR count). The standard InChI is InChI=1S/C16H24N2O2.ClH/c1-16(2,3)13-6-4-5-7-14(13)20-11-15(19)18-9-8-12(17)10-18;/h4-7,12H,8-11,17H2,1-3H3;1H/t12-;/m1./s1. The first-order valence-corrected chi connectivity index (χ1v) is 7.13. The zero-order valence-corrected chi connectivity index (χ0v) is 13.8. The van der Waals surface area contributed by atoms with E-state index in [2.05, 4.69) is 20.8 Å². The Morgan fingerprint density at radius 1 is 1.38 bits per heavy atom. The van der Waals surface area contributed by atoms with Gasteiger partial charge < -0.3 is 15.4 Å². The highest BCUT2D eigenvalue weighted by atomic mass is 35.5. The van der Waals surface area contributed by atoms with Crippen LogP contribution in [0.4, 0.5) is 0 Å². The van der Waals surface area contributed by atoms with Gasteiger partial charge in [-0.25, -0.2) is 0 Å². The number of likely N-dealkylation sites (tertiary alicyclic amines) is 1. The molecule has 0 aromatic heterocycles. The first-order valence-electron chi connectivity index (χ1n) is 7.13. The van der Waals surface area contributed by atoms with Gasteiger partial charge >= 0.3 is 0 Å². The highest BCUT2D eigenvalue weighted by Crippen LogP contribution is 2.30. The fraction of sp³-hybridized carbons (Fsp3) is 0.562. The quantitative estimate of drug-likeness (QED) is 0.932. The molecule has 1 aromatic carbocycles. The van der Waals surface area contributed by atoms with Gasteiger partial charge in [0.25, 0.3) is 5.91 Å². The van der Waals surface area contributed by atoms with E-state index in [-0.39, 0.29) is 36.4 Å². The van der Waals surface area contributed by atoms with Crippen molar-refractivity contribution in [3.05, 3.63) is 29.8 Å². The second-order valence-corrected chi connectivity index (χ2v) is 6.42. The second kappa shape index (κ2) is 7.14. The first kappa shape index (κ1) is 17.8. The minimum absolute atomic E-state index is 0. The fourth-order valence-electron chi connectivity index (χ4n) is 2.46. The minimum Gasteiger partial charge on any atom is -0.483 e. The van der Waals surface area contributed by atoms with Crippen molar-refractivity contribution in [3.63, 3.8) is 0 Å². The van der Waals surface area contributed by atoms with Gasteiger partial charge in [-0.15, -0.1) is 12.4 Å². The summed E-state index contributed by atoms with van der Waals surface area (Å²) in [7, 11) is 0. The Hall–Kier alpha value is -1.26. The maximum Gasteiger partial charge on any atom is 0.260 e. The Morgan fingerprint density at radius 2 is 2.05 bits per heavy atom. The molecule has 1 aromatic rings. The predicted octanol–water partition coefficient (Wildman–Crippen LogP) is 2.34. The maximum atomic E-state index is 12.1. The molecule has 118 valence electrons. The van der Waals surface area contributed by atoms with Gasteiger partial charge in [0.1, 0.15) is 5.75 Å². The lowest BCUT2D eigenvalue weighted by Gasteiger charge is -2.23. The van der Waals surface area contributed by atoms with E-state index < -0.39 is 0 Å². The van der Waals surface area contributed by atoms with Crippen molar-refractivity contribution in [2.75, 3.05) is 19.7 Å². The normalized spacial score (nSPS) is 18.3. The van der Waals surface area contributed by atoms with Crippen LogP contribution in [0.1, 0.15) is 32.8 Å².